The molecule has 0 amide bonds. The number of ether oxygens (including phenoxy) is 1. The standard InChI is InChI=1S/C14H16ClFN2O2/c1-4-20-14(19)9(3)18-12-7-10(16)5-6-11(12)17-13(18)8(2)15/h5-9H,4H2,1-3H3. The smallest absolute Gasteiger partial charge is 0.328 e. The number of hydrogen-bond acceptors (Lipinski definition) is 3. The quantitative estimate of drug-likeness (QED) is 0.640. The zero-order valence-corrected chi connectivity index (χ0v) is 12.3. The van der Waals surface area contributed by atoms with E-state index >= 15 is 0 Å². The van der Waals surface area contributed by atoms with Crippen LogP contribution in [0.4, 0.5) is 4.39 Å². The van der Waals surface area contributed by atoms with E-state index in [9.17, 15) is 9.18 Å². The summed E-state index contributed by atoms with van der Waals surface area (Å²) in [5.74, 6) is -0.258. The van der Waals surface area contributed by atoms with Crippen LogP contribution in [0.3, 0.4) is 0 Å². The van der Waals surface area contributed by atoms with Gasteiger partial charge in [0.15, 0.2) is 0 Å². The zero-order chi connectivity index (χ0) is 14.9. The van der Waals surface area contributed by atoms with Gasteiger partial charge in [-0.1, -0.05) is 0 Å². The molecular weight excluding hydrogens is 283 g/mol. The molecule has 2 rings (SSSR count). The number of alkyl halides is 1. The molecule has 0 saturated heterocycles. The number of aromatic nitrogens is 2. The van der Waals surface area contributed by atoms with Crippen LogP contribution in [0.1, 0.15) is 38.0 Å². The van der Waals surface area contributed by atoms with Crippen molar-refractivity contribution < 1.29 is 13.9 Å². The molecule has 0 bridgehead atoms. The Bertz CT molecular complexity index is 639. The first-order valence-electron chi connectivity index (χ1n) is 6.43. The van der Waals surface area contributed by atoms with Crippen LogP contribution in [0, 0.1) is 5.82 Å². The number of carbonyl (C=O) groups excluding carboxylic acids is 1. The summed E-state index contributed by atoms with van der Waals surface area (Å²) in [5, 5.41) is -0.401. The zero-order valence-electron chi connectivity index (χ0n) is 11.6. The Morgan fingerprint density at radius 3 is 2.80 bits per heavy atom. The number of hydrogen-bond donors (Lipinski definition) is 0. The van der Waals surface area contributed by atoms with Crippen LogP contribution in [-0.4, -0.2) is 22.1 Å². The Hall–Kier alpha value is -1.62. The highest BCUT2D eigenvalue weighted by Gasteiger charge is 2.24. The molecule has 0 N–H and O–H groups in total. The van der Waals surface area contributed by atoms with Crippen molar-refractivity contribution in [3.63, 3.8) is 0 Å². The lowest BCUT2D eigenvalue weighted by molar-refractivity contribution is -0.146. The highest BCUT2D eigenvalue weighted by molar-refractivity contribution is 6.20. The van der Waals surface area contributed by atoms with Crippen molar-refractivity contribution in [3.05, 3.63) is 29.8 Å². The summed E-state index contributed by atoms with van der Waals surface area (Å²) < 4.78 is 20.1. The number of halogens is 2. The molecule has 1 aromatic carbocycles. The molecule has 2 atom stereocenters. The monoisotopic (exact) mass is 298 g/mol. The van der Waals surface area contributed by atoms with E-state index in [0.717, 1.165) is 0 Å². The summed E-state index contributed by atoms with van der Waals surface area (Å²) in [7, 11) is 0. The molecule has 0 spiro atoms. The molecular formula is C14H16ClFN2O2. The number of rotatable bonds is 4. The molecule has 0 fully saturated rings. The molecule has 1 aromatic heterocycles. The minimum Gasteiger partial charge on any atom is -0.464 e. The van der Waals surface area contributed by atoms with Crippen molar-refractivity contribution in [2.75, 3.05) is 6.61 Å². The molecule has 0 saturated carbocycles. The molecule has 1 heterocycles. The molecule has 6 heteroatoms. The molecule has 4 nitrogen and oxygen atoms in total. The molecule has 0 aliphatic heterocycles. The SMILES string of the molecule is CCOC(=O)C(C)n1c(C(C)Cl)nc2ccc(F)cc21. The van der Waals surface area contributed by atoms with Crippen molar-refractivity contribution >= 4 is 28.6 Å². The van der Waals surface area contributed by atoms with Gasteiger partial charge in [-0.25, -0.2) is 14.2 Å². The van der Waals surface area contributed by atoms with Crippen LogP contribution in [0.5, 0.6) is 0 Å². The number of esters is 1. The summed E-state index contributed by atoms with van der Waals surface area (Å²) in [6, 6.07) is 3.64. The number of fused-ring (bicyclic) bond motifs is 1. The Morgan fingerprint density at radius 2 is 2.20 bits per heavy atom. The fraction of sp³-hybridized carbons (Fsp3) is 0.429. The van der Waals surface area contributed by atoms with Crippen LogP contribution in [-0.2, 0) is 9.53 Å². The number of carbonyl (C=O) groups is 1. The first-order valence-corrected chi connectivity index (χ1v) is 6.87. The van der Waals surface area contributed by atoms with Gasteiger partial charge in [0.2, 0.25) is 0 Å². The van der Waals surface area contributed by atoms with Crippen LogP contribution in [0.2, 0.25) is 0 Å². The van der Waals surface area contributed by atoms with Gasteiger partial charge in [-0.2, -0.15) is 0 Å². The summed E-state index contributed by atoms with van der Waals surface area (Å²) in [6.45, 7) is 5.47. The summed E-state index contributed by atoms with van der Waals surface area (Å²) in [4.78, 5) is 16.3. The van der Waals surface area contributed by atoms with Crippen LogP contribution in [0.15, 0.2) is 18.2 Å². The predicted molar refractivity (Wildman–Crippen MR) is 75.3 cm³/mol. The van der Waals surface area contributed by atoms with Crippen LogP contribution in [0.25, 0.3) is 11.0 Å². The average molecular weight is 299 g/mol. The van der Waals surface area contributed by atoms with E-state index in [4.69, 9.17) is 16.3 Å². The molecule has 2 unspecified atom stereocenters. The fourth-order valence-corrected chi connectivity index (χ4v) is 2.29. The lowest BCUT2D eigenvalue weighted by Crippen LogP contribution is -2.21. The third-order valence-electron chi connectivity index (χ3n) is 3.05. The normalized spacial score (nSPS) is 14.2. The maximum Gasteiger partial charge on any atom is 0.328 e. The topological polar surface area (TPSA) is 44.1 Å². The van der Waals surface area contributed by atoms with E-state index in [2.05, 4.69) is 4.98 Å². The van der Waals surface area contributed by atoms with Gasteiger partial charge in [-0.05, 0) is 39.0 Å². The predicted octanol–water partition coefficient (Wildman–Crippen LogP) is 3.60. The number of benzene rings is 1. The molecule has 2 aromatic rings. The van der Waals surface area contributed by atoms with E-state index in [1.54, 1.807) is 31.4 Å². The van der Waals surface area contributed by atoms with E-state index in [-0.39, 0.29) is 12.4 Å². The van der Waals surface area contributed by atoms with Gasteiger partial charge in [0.25, 0.3) is 0 Å². The van der Waals surface area contributed by atoms with Gasteiger partial charge in [0.05, 0.1) is 23.0 Å². The third-order valence-corrected chi connectivity index (χ3v) is 3.24. The first-order chi connectivity index (χ1) is 9.45. The van der Waals surface area contributed by atoms with Gasteiger partial charge in [0.1, 0.15) is 17.7 Å². The van der Waals surface area contributed by atoms with E-state index < -0.39 is 17.4 Å². The Morgan fingerprint density at radius 1 is 1.50 bits per heavy atom. The van der Waals surface area contributed by atoms with Crippen molar-refractivity contribution in [1.82, 2.24) is 9.55 Å². The van der Waals surface area contributed by atoms with Crippen molar-refractivity contribution in [2.24, 2.45) is 0 Å². The molecule has 20 heavy (non-hydrogen) atoms. The largest absolute Gasteiger partial charge is 0.464 e. The molecule has 0 aliphatic rings. The summed E-state index contributed by atoms with van der Waals surface area (Å²) >= 11 is 6.12. The van der Waals surface area contributed by atoms with E-state index in [1.807, 2.05) is 0 Å². The number of imidazole rings is 1. The minimum atomic E-state index is -0.613. The van der Waals surface area contributed by atoms with Crippen molar-refractivity contribution in [2.45, 2.75) is 32.2 Å². The molecule has 108 valence electrons. The lowest BCUT2D eigenvalue weighted by atomic mass is 10.2. The second kappa shape index (κ2) is 5.79. The number of nitrogens with zero attached hydrogens (tertiary/aromatic N) is 2. The molecule has 0 aliphatic carbocycles. The Balaban J connectivity index is 2.61. The minimum absolute atomic E-state index is 0.288. The Labute approximate surface area is 121 Å². The summed E-state index contributed by atoms with van der Waals surface area (Å²) in [6.07, 6.45) is 0. The molecule has 0 radical (unpaired) electrons. The second-order valence-corrected chi connectivity index (χ2v) is 5.17. The maximum absolute atomic E-state index is 13.4. The van der Waals surface area contributed by atoms with Gasteiger partial charge < -0.3 is 9.30 Å². The third kappa shape index (κ3) is 2.63. The highest BCUT2D eigenvalue weighted by atomic mass is 35.5. The van der Waals surface area contributed by atoms with E-state index in [1.165, 1.54) is 12.1 Å². The van der Waals surface area contributed by atoms with Crippen LogP contribution < -0.4 is 0 Å². The lowest BCUT2D eigenvalue weighted by Gasteiger charge is -2.17. The van der Waals surface area contributed by atoms with Crippen LogP contribution >= 0.6 is 11.6 Å². The van der Waals surface area contributed by atoms with E-state index in [0.29, 0.717) is 16.9 Å². The first kappa shape index (κ1) is 14.8. The van der Waals surface area contributed by atoms with Gasteiger partial charge in [-0.3, -0.25) is 0 Å². The van der Waals surface area contributed by atoms with Gasteiger partial charge >= 0.3 is 5.97 Å². The van der Waals surface area contributed by atoms with Crippen molar-refractivity contribution in [1.29, 1.82) is 0 Å². The van der Waals surface area contributed by atoms with Crippen molar-refractivity contribution in [3.8, 4) is 0 Å². The highest BCUT2D eigenvalue weighted by Crippen LogP contribution is 2.29. The average Bonchev–Trinajstić information content (AvgIpc) is 2.76. The maximum atomic E-state index is 13.4. The fourth-order valence-electron chi connectivity index (χ4n) is 2.14. The van der Waals surface area contributed by atoms with Gasteiger partial charge in [-0.15, -0.1) is 11.6 Å². The Kier molecular flexibility index (Phi) is 4.28. The second-order valence-electron chi connectivity index (χ2n) is 4.52. The van der Waals surface area contributed by atoms with Gasteiger partial charge in [0, 0.05) is 0 Å². The summed E-state index contributed by atoms with van der Waals surface area (Å²) in [5.41, 5.74) is 1.14.